The molecule has 0 atom stereocenters. The Hall–Kier alpha value is -2.79. The van der Waals surface area contributed by atoms with Crippen molar-refractivity contribution in [3.63, 3.8) is 0 Å². The lowest BCUT2D eigenvalue weighted by Crippen LogP contribution is -2.01. The Labute approximate surface area is 149 Å². The smallest absolute Gasteiger partial charge is 0.201 e. The average Bonchev–Trinajstić information content (AvgIpc) is 2.64. The molecule has 0 aromatic heterocycles. The summed E-state index contributed by atoms with van der Waals surface area (Å²) in [6.07, 6.45) is 0. The van der Waals surface area contributed by atoms with Gasteiger partial charge in [-0.1, -0.05) is 52.3 Å². The van der Waals surface area contributed by atoms with Crippen molar-refractivity contribution >= 4 is 33.1 Å². The minimum absolute atomic E-state index is 0.509. The van der Waals surface area contributed by atoms with Crippen molar-refractivity contribution in [3.05, 3.63) is 95.0 Å². The van der Waals surface area contributed by atoms with Crippen LogP contribution in [0.4, 0.5) is 11.4 Å². The third-order valence-electron chi connectivity index (χ3n) is 3.18. The van der Waals surface area contributed by atoms with E-state index in [1.54, 1.807) is 0 Å². The zero-order valence-corrected chi connectivity index (χ0v) is 14.4. The van der Waals surface area contributed by atoms with Gasteiger partial charge in [-0.3, -0.25) is 5.43 Å². The first kappa shape index (κ1) is 16.1. The number of nitrogens with zero attached hydrogens (tertiary/aromatic N) is 3. The van der Waals surface area contributed by atoms with Gasteiger partial charge in [0.05, 0.1) is 11.4 Å². The van der Waals surface area contributed by atoms with Crippen LogP contribution in [-0.2, 0) is 0 Å². The topological polar surface area (TPSA) is 49.1 Å². The predicted octanol–water partition coefficient (Wildman–Crippen LogP) is 6.01. The van der Waals surface area contributed by atoms with Crippen molar-refractivity contribution in [1.29, 1.82) is 0 Å². The van der Waals surface area contributed by atoms with E-state index in [-0.39, 0.29) is 0 Å². The van der Waals surface area contributed by atoms with Crippen LogP contribution < -0.4 is 5.43 Å². The van der Waals surface area contributed by atoms with Crippen LogP contribution in [0.5, 0.6) is 0 Å². The van der Waals surface area contributed by atoms with E-state index in [1.165, 1.54) is 0 Å². The summed E-state index contributed by atoms with van der Waals surface area (Å²) in [5.41, 5.74) is 5.56. The van der Waals surface area contributed by atoms with Crippen molar-refractivity contribution in [2.24, 2.45) is 15.3 Å². The molecule has 118 valence electrons. The number of azo groups is 1. The van der Waals surface area contributed by atoms with Gasteiger partial charge in [-0.25, -0.2) is 0 Å². The molecular weight excluding hydrogens is 364 g/mol. The highest BCUT2D eigenvalue weighted by molar-refractivity contribution is 9.10. The number of halogens is 1. The molecule has 0 aliphatic heterocycles. The summed E-state index contributed by atoms with van der Waals surface area (Å²) in [4.78, 5) is 0. The van der Waals surface area contributed by atoms with Crippen LogP contribution in [0.25, 0.3) is 0 Å². The molecule has 0 radical (unpaired) electrons. The van der Waals surface area contributed by atoms with Gasteiger partial charge in [0, 0.05) is 10.0 Å². The summed E-state index contributed by atoms with van der Waals surface area (Å²) in [5, 5.41) is 13.0. The number of hydrogen-bond donors (Lipinski definition) is 1. The first-order valence-electron chi connectivity index (χ1n) is 7.43. The minimum atomic E-state index is 0.509. The molecule has 0 aliphatic carbocycles. The maximum absolute atomic E-state index is 4.40. The number of para-hydroxylation sites is 1. The fourth-order valence-electron chi connectivity index (χ4n) is 1.97. The Morgan fingerprint density at radius 2 is 1.38 bits per heavy atom. The summed E-state index contributed by atoms with van der Waals surface area (Å²) in [6, 6.07) is 27.1. The monoisotopic (exact) mass is 378 g/mol. The van der Waals surface area contributed by atoms with Gasteiger partial charge in [-0.05, 0) is 48.5 Å². The van der Waals surface area contributed by atoms with E-state index in [1.807, 2.05) is 84.9 Å². The fraction of sp³-hybridized carbons (Fsp3) is 0. The lowest BCUT2D eigenvalue weighted by molar-refractivity contribution is 1.22. The molecule has 0 fully saturated rings. The normalized spacial score (nSPS) is 11.6. The lowest BCUT2D eigenvalue weighted by atomic mass is 10.2. The van der Waals surface area contributed by atoms with E-state index >= 15 is 0 Å². The highest BCUT2D eigenvalue weighted by atomic mass is 79.9. The SMILES string of the molecule is Brc1ccc(C(N=Nc2ccccc2)=NNc2ccccc2)cc1. The standard InChI is InChI=1S/C19H15BrN4/c20-16-13-11-15(12-14-16)19(23-21-17-7-3-1-4-8-17)24-22-18-9-5-2-6-10-18/h1-14,21H. The van der Waals surface area contributed by atoms with Crippen molar-refractivity contribution in [2.75, 3.05) is 5.43 Å². The maximum atomic E-state index is 4.40. The summed E-state index contributed by atoms with van der Waals surface area (Å²) in [5.74, 6) is 0.509. The molecule has 0 heterocycles. The van der Waals surface area contributed by atoms with E-state index in [0.29, 0.717) is 5.84 Å². The maximum Gasteiger partial charge on any atom is 0.201 e. The first-order chi connectivity index (χ1) is 11.8. The summed E-state index contributed by atoms with van der Waals surface area (Å²) in [6.45, 7) is 0. The second-order valence-electron chi connectivity index (χ2n) is 4.96. The van der Waals surface area contributed by atoms with Gasteiger partial charge in [-0.15, -0.1) is 10.2 Å². The predicted molar refractivity (Wildman–Crippen MR) is 102 cm³/mol. The number of rotatable bonds is 4. The Morgan fingerprint density at radius 1 is 0.750 bits per heavy atom. The van der Waals surface area contributed by atoms with Crippen molar-refractivity contribution in [3.8, 4) is 0 Å². The fourth-order valence-corrected chi connectivity index (χ4v) is 2.24. The molecule has 1 N–H and O–H groups in total. The highest BCUT2D eigenvalue weighted by Crippen LogP contribution is 2.15. The number of benzene rings is 3. The zero-order chi connectivity index (χ0) is 16.6. The van der Waals surface area contributed by atoms with Gasteiger partial charge in [0.25, 0.3) is 0 Å². The molecule has 0 saturated heterocycles. The Morgan fingerprint density at radius 3 is 2.04 bits per heavy atom. The molecule has 24 heavy (non-hydrogen) atoms. The van der Waals surface area contributed by atoms with E-state index in [0.717, 1.165) is 21.4 Å². The van der Waals surface area contributed by atoms with Gasteiger partial charge in [0.1, 0.15) is 0 Å². The van der Waals surface area contributed by atoms with E-state index in [2.05, 4.69) is 36.7 Å². The van der Waals surface area contributed by atoms with Crippen LogP contribution in [0.3, 0.4) is 0 Å². The Bertz CT molecular complexity index is 828. The second-order valence-corrected chi connectivity index (χ2v) is 5.87. The molecule has 5 heteroatoms. The third kappa shape index (κ3) is 4.60. The number of amidine groups is 1. The molecule has 0 aliphatic rings. The van der Waals surface area contributed by atoms with Crippen LogP contribution >= 0.6 is 15.9 Å². The summed E-state index contributed by atoms with van der Waals surface area (Å²) < 4.78 is 1.00. The summed E-state index contributed by atoms with van der Waals surface area (Å²) in [7, 11) is 0. The molecule has 3 rings (SSSR count). The first-order valence-corrected chi connectivity index (χ1v) is 8.22. The van der Waals surface area contributed by atoms with E-state index < -0.39 is 0 Å². The highest BCUT2D eigenvalue weighted by Gasteiger charge is 2.03. The molecule has 0 amide bonds. The quantitative estimate of drug-likeness (QED) is 0.257. The van der Waals surface area contributed by atoms with E-state index in [4.69, 9.17) is 0 Å². The van der Waals surface area contributed by atoms with Gasteiger partial charge in [0.2, 0.25) is 5.84 Å². The van der Waals surface area contributed by atoms with Crippen molar-refractivity contribution in [2.45, 2.75) is 0 Å². The van der Waals surface area contributed by atoms with Gasteiger partial charge >= 0.3 is 0 Å². The molecule has 0 spiro atoms. The van der Waals surface area contributed by atoms with Crippen LogP contribution in [0.2, 0.25) is 0 Å². The van der Waals surface area contributed by atoms with Crippen LogP contribution in [0, 0.1) is 0 Å². The van der Waals surface area contributed by atoms with E-state index in [9.17, 15) is 0 Å². The largest absolute Gasteiger partial charge is 0.276 e. The molecule has 3 aromatic carbocycles. The van der Waals surface area contributed by atoms with Crippen molar-refractivity contribution < 1.29 is 0 Å². The lowest BCUT2D eigenvalue weighted by Gasteiger charge is -2.03. The minimum Gasteiger partial charge on any atom is -0.276 e. The molecular formula is C19H15BrN4. The van der Waals surface area contributed by atoms with Crippen molar-refractivity contribution in [1.82, 2.24) is 0 Å². The number of nitrogens with one attached hydrogen (secondary N) is 1. The number of hydrogen-bond acceptors (Lipinski definition) is 3. The van der Waals surface area contributed by atoms with Crippen LogP contribution in [-0.4, -0.2) is 5.84 Å². The Balaban J connectivity index is 1.88. The molecule has 0 saturated carbocycles. The molecule has 0 unspecified atom stereocenters. The van der Waals surface area contributed by atoms with Gasteiger partial charge < -0.3 is 0 Å². The Kier molecular flexibility index (Phi) is 5.48. The number of anilines is 1. The van der Waals surface area contributed by atoms with Crippen LogP contribution in [0.15, 0.2) is 105 Å². The van der Waals surface area contributed by atoms with Crippen LogP contribution in [0.1, 0.15) is 5.56 Å². The third-order valence-corrected chi connectivity index (χ3v) is 3.71. The van der Waals surface area contributed by atoms with Gasteiger partial charge in [0.15, 0.2) is 0 Å². The molecule has 0 bridgehead atoms. The second kappa shape index (κ2) is 8.17. The zero-order valence-electron chi connectivity index (χ0n) is 12.8. The molecule has 3 aromatic rings. The number of hydrazone groups is 1. The van der Waals surface area contributed by atoms with Gasteiger partial charge in [-0.2, -0.15) is 5.10 Å². The molecule has 4 nitrogen and oxygen atoms in total. The average molecular weight is 379 g/mol. The summed E-state index contributed by atoms with van der Waals surface area (Å²) >= 11 is 3.44.